The molecule has 1 amide bonds. The Labute approximate surface area is 122 Å². The molecule has 0 aromatic carbocycles. The highest BCUT2D eigenvalue weighted by atomic mass is 32.2. The zero-order valence-electron chi connectivity index (χ0n) is 12.1. The van der Waals surface area contributed by atoms with Gasteiger partial charge in [-0.3, -0.25) is 9.00 Å². The van der Waals surface area contributed by atoms with Crippen LogP contribution >= 0.6 is 0 Å². The number of pyridine rings is 1. The van der Waals surface area contributed by atoms with E-state index in [2.05, 4.69) is 15.7 Å². The standard InChI is InChI=1S/C13H22N4O2S/c1-4-5-11-6-10(7-12(16-11)17-14)13(18)15-8-9(2)20(3)19/h6-7,9H,4-5,8,14H2,1-3H3,(H,15,18)(H,16,17). The van der Waals surface area contributed by atoms with Gasteiger partial charge in [0.2, 0.25) is 0 Å². The van der Waals surface area contributed by atoms with Crippen LogP contribution in [-0.4, -0.2) is 33.2 Å². The van der Waals surface area contributed by atoms with Crippen molar-refractivity contribution in [2.75, 3.05) is 18.2 Å². The lowest BCUT2D eigenvalue weighted by molar-refractivity contribution is 0.0954. The number of nitrogens with one attached hydrogen (secondary N) is 2. The van der Waals surface area contributed by atoms with Crippen LogP contribution in [0.5, 0.6) is 0 Å². The molecule has 1 aromatic rings. The average molecular weight is 298 g/mol. The number of nitrogens with zero attached hydrogens (tertiary/aromatic N) is 1. The first-order chi connectivity index (χ1) is 9.47. The number of hydrazine groups is 1. The van der Waals surface area contributed by atoms with E-state index in [4.69, 9.17) is 5.84 Å². The summed E-state index contributed by atoms with van der Waals surface area (Å²) in [6.45, 7) is 4.25. The SMILES string of the molecule is CCCc1cc(C(=O)NCC(C)S(C)=O)cc(NN)n1. The smallest absolute Gasteiger partial charge is 0.251 e. The summed E-state index contributed by atoms with van der Waals surface area (Å²) in [5.41, 5.74) is 3.79. The molecule has 0 fully saturated rings. The minimum absolute atomic E-state index is 0.0806. The summed E-state index contributed by atoms with van der Waals surface area (Å²) in [6, 6.07) is 3.36. The molecule has 1 heterocycles. The maximum Gasteiger partial charge on any atom is 0.251 e. The van der Waals surface area contributed by atoms with Crippen molar-refractivity contribution in [3.63, 3.8) is 0 Å². The van der Waals surface area contributed by atoms with E-state index in [0.29, 0.717) is 17.9 Å². The molecule has 4 N–H and O–H groups in total. The predicted octanol–water partition coefficient (Wildman–Crippen LogP) is 0.817. The summed E-state index contributed by atoms with van der Waals surface area (Å²) in [4.78, 5) is 16.4. The topological polar surface area (TPSA) is 97.1 Å². The minimum atomic E-state index is -0.956. The molecular formula is C13H22N4O2S. The van der Waals surface area contributed by atoms with Gasteiger partial charge in [-0.05, 0) is 25.5 Å². The van der Waals surface area contributed by atoms with Crippen molar-refractivity contribution < 1.29 is 9.00 Å². The van der Waals surface area contributed by atoms with Crippen LogP contribution < -0.4 is 16.6 Å². The van der Waals surface area contributed by atoms with Gasteiger partial charge in [-0.25, -0.2) is 10.8 Å². The number of aryl methyl sites for hydroxylation is 1. The van der Waals surface area contributed by atoms with Gasteiger partial charge < -0.3 is 10.7 Å². The van der Waals surface area contributed by atoms with Crippen molar-refractivity contribution in [2.45, 2.75) is 31.9 Å². The summed E-state index contributed by atoms with van der Waals surface area (Å²) in [5.74, 6) is 5.62. The molecule has 0 spiro atoms. The molecule has 0 radical (unpaired) electrons. The first kappa shape index (κ1) is 16.6. The fraction of sp³-hybridized carbons (Fsp3) is 0.538. The van der Waals surface area contributed by atoms with Gasteiger partial charge in [-0.2, -0.15) is 0 Å². The number of rotatable bonds is 7. The maximum atomic E-state index is 12.1. The molecule has 112 valence electrons. The van der Waals surface area contributed by atoms with Crippen molar-refractivity contribution in [1.29, 1.82) is 0 Å². The highest BCUT2D eigenvalue weighted by Crippen LogP contribution is 2.11. The molecule has 0 aliphatic rings. The number of amides is 1. The Morgan fingerprint density at radius 2 is 2.20 bits per heavy atom. The summed E-state index contributed by atoms with van der Waals surface area (Å²) in [5, 5.41) is 2.69. The molecule has 0 bridgehead atoms. The average Bonchev–Trinajstić information content (AvgIpc) is 2.44. The van der Waals surface area contributed by atoms with Gasteiger partial charge in [-0.15, -0.1) is 0 Å². The molecule has 2 atom stereocenters. The summed E-state index contributed by atoms with van der Waals surface area (Å²) >= 11 is 0. The van der Waals surface area contributed by atoms with Gasteiger partial charge in [0.1, 0.15) is 5.82 Å². The summed E-state index contributed by atoms with van der Waals surface area (Å²) < 4.78 is 11.3. The molecule has 2 unspecified atom stereocenters. The minimum Gasteiger partial charge on any atom is -0.351 e. The van der Waals surface area contributed by atoms with Crippen molar-refractivity contribution in [1.82, 2.24) is 10.3 Å². The Balaban J connectivity index is 2.80. The second-order valence-electron chi connectivity index (χ2n) is 4.65. The van der Waals surface area contributed by atoms with Gasteiger partial charge in [0.15, 0.2) is 0 Å². The number of aromatic nitrogens is 1. The van der Waals surface area contributed by atoms with Crippen LogP contribution in [0, 0.1) is 0 Å². The quantitative estimate of drug-likeness (QED) is 0.511. The number of carbonyl (C=O) groups is 1. The maximum absolute atomic E-state index is 12.1. The molecule has 0 aliphatic heterocycles. The third-order valence-corrected chi connectivity index (χ3v) is 4.21. The molecule has 1 aromatic heterocycles. The van der Waals surface area contributed by atoms with Crippen molar-refractivity contribution in [2.24, 2.45) is 5.84 Å². The van der Waals surface area contributed by atoms with Gasteiger partial charge in [0.25, 0.3) is 5.91 Å². The van der Waals surface area contributed by atoms with Gasteiger partial charge in [-0.1, -0.05) is 13.3 Å². The van der Waals surface area contributed by atoms with Crippen LogP contribution in [0.2, 0.25) is 0 Å². The number of nitrogens with two attached hydrogens (primary N) is 1. The van der Waals surface area contributed by atoms with Gasteiger partial charge in [0.05, 0.1) is 0 Å². The van der Waals surface area contributed by atoms with E-state index >= 15 is 0 Å². The second kappa shape index (κ2) is 7.96. The lowest BCUT2D eigenvalue weighted by atomic mass is 10.1. The van der Waals surface area contributed by atoms with E-state index in [1.165, 1.54) is 0 Å². The van der Waals surface area contributed by atoms with Crippen LogP contribution in [0.15, 0.2) is 12.1 Å². The third kappa shape index (κ3) is 4.90. The van der Waals surface area contributed by atoms with Gasteiger partial charge >= 0.3 is 0 Å². The molecule has 20 heavy (non-hydrogen) atoms. The Bertz CT molecular complexity index is 493. The fourth-order valence-corrected chi connectivity index (χ4v) is 1.95. The zero-order chi connectivity index (χ0) is 15.1. The van der Waals surface area contributed by atoms with E-state index in [1.54, 1.807) is 18.4 Å². The Hall–Kier alpha value is -1.47. The summed E-state index contributed by atoms with van der Waals surface area (Å²) in [6.07, 6.45) is 3.35. The molecule has 1 rings (SSSR count). The first-order valence-electron chi connectivity index (χ1n) is 6.56. The van der Waals surface area contributed by atoms with Crippen LogP contribution in [0.1, 0.15) is 36.3 Å². The number of carbonyl (C=O) groups excluding carboxylic acids is 1. The van der Waals surface area contributed by atoms with E-state index in [0.717, 1.165) is 18.5 Å². The lowest BCUT2D eigenvalue weighted by Crippen LogP contribution is -2.32. The highest BCUT2D eigenvalue weighted by Gasteiger charge is 2.12. The second-order valence-corrected chi connectivity index (χ2v) is 6.45. The molecule has 6 nitrogen and oxygen atoms in total. The molecule has 0 saturated heterocycles. The van der Waals surface area contributed by atoms with Crippen LogP contribution in [0.25, 0.3) is 0 Å². The highest BCUT2D eigenvalue weighted by molar-refractivity contribution is 7.84. The lowest BCUT2D eigenvalue weighted by Gasteiger charge is -2.11. The van der Waals surface area contributed by atoms with Gasteiger partial charge in [0, 0.05) is 40.1 Å². The Morgan fingerprint density at radius 1 is 1.50 bits per heavy atom. The van der Waals surface area contributed by atoms with E-state index < -0.39 is 10.8 Å². The molecule has 7 heteroatoms. The number of hydrogen-bond acceptors (Lipinski definition) is 5. The largest absolute Gasteiger partial charge is 0.351 e. The molecule has 0 saturated carbocycles. The van der Waals surface area contributed by atoms with Crippen molar-refractivity contribution in [3.05, 3.63) is 23.4 Å². The van der Waals surface area contributed by atoms with E-state index in [1.807, 2.05) is 13.8 Å². The number of anilines is 1. The number of hydrogen-bond donors (Lipinski definition) is 3. The summed E-state index contributed by atoms with van der Waals surface area (Å²) in [7, 11) is -0.956. The molecular weight excluding hydrogens is 276 g/mol. The van der Waals surface area contributed by atoms with Crippen molar-refractivity contribution >= 4 is 22.5 Å². The van der Waals surface area contributed by atoms with Crippen LogP contribution in [0.3, 0.4) is 0 Å². The fourth-order valence-electron chi connectivity index (χ4n) is 1.63. The number of nitrogen functional groups attached to an aromatic ring is 1. The van der Waals surface area contributed by atoms with E-state index in [-0.39, 0.29) is 11.2 Å². The third-order valence-electron chi connectivity index (χ3n) is 2.91. The zero-order valence-corrected chi connectivity index (χ0v) is 12.9. The Kier molecular flexibility index (Phi) is 6.60. The van der Waals surface area contributed by atoms with Crippen LogP contribution in [-0.2, 0) is 17.2 Å². The monoisotopic (exact) mass is 298 g/mol. The van der Waals surface area contributed by atoms with E-state index in [9.17, 15) is 9.00 Å². The van der Waals surface area contributed by atoms with Crippen molar-refractivity contribution in [3.8, 4) is 0 Å². The first-order valence-corrected chi connectivity index (χ1v) is 8.18. The molecule has 0 aliphatic carbocycles. The normalized spacial score (nSPS) is 13.6. The Morgan fingerprint density at radius 3 is 2.75 bits per heavy atom. The predicted molar refractivity (Wildman–Crippen MR) is 81.9 cm³/mol. The van der Waals surface area contributed by atoms with Crippen LogP contribution in [0.4, 0.5) is 5.82 Å².